The van der Waals surface area contributed by atoms with E-state index >= 15 is 0 Å². The number of hydrogen-bond acceptors (Lipinski definition) is 4. The maximum Gasteiger partial charge on any atom is 0.330 e. The quantitative estimate of drug-likeness (QED) is 0.727. The van der Waals surface area contributed by atoms with Crippen LogP contribution in [0.5, 0.6) is 0 Å². The van der Waals surface area contributed by atoms with Crippen LogP contribution in [0.2, 0.25) is 0 Å². The van der Waals surface area contributed by atoms with Crippen LogP contribution in [0.1, 0.15) is 12.5 Å². The maximum absolute atomic E-state index is 12.2. The number of hydrogen-bond donors (Lipinski definition) is 0. The summed E-state index contributed by atoms with van der Waals surface area (Å²) in [6, 6.07) is 10.5. The minimum atomic E-state index is -3.47. The molecule has 1 aromatic carbocycles. The smallest absolute Gasteiger partial charge is 0.301 e. The van der Waals surface area contributed by atoms with Gasteiger partial charge in [-0.3, -0.25) is 9.36 Å². The number of nitrogens with zero attached hydrogens (tertiary/aromatic N) is 3. The van der Waals surface area contributed by atoms with Gasteiger partial charge in [-0.15, -0.1) is 0 Å². The van der Waals surface area contributed by atoms with Crippen LogP contribution >= 0.6 is 0 Å². The molecule has 0 amide bonds. The van der Waals surface area contributed by atoms with Crippen molar-refractivity contribution >= 4 is 10.0 Å². The Hall–Kier alpha value is -2.19. The fourth-order valence-electron chi connectivity index (χ4n) is 2.36. The number of aryl methyl sites for hydroxylation is 1. The Morgan fingerprint density at radius 2 is 1.75 bits per heavy atom. The molecule has 0 unspecified atom stereocenters. The second-order valence-electron chi connectivity index (χ2n) is 5.46. The predicted octanol–water partition coefficient (Wildman–Crippen LogP) is 0.492. The highest BCUT2D eigenvalue weighted by molar-refractivity contribution is 7.88. The van der Waals surface area contributed by atoms with Crippen molar-refractivity contribution in [3.05, 3.63) is 69.0 Å². The molecule has 0 fully saturated rings. The van der Waals surface area contributed by atoms with Crippen molar-refractivity contribution in [2.45, 2.75) is 26.6 Å². The molecule has 8 heteroatoms. The maximum atomic E-state index is 12.2. The summed E-state index contributed by atoms with van der Waals surface area (Å²) in [5, 5.41) is 0. The Labute approximate surface area is 140 Å². The van der Waals surface area contributed by atoms with Crippen LogP contribution in [0, 0.1) is 0 Å². The standard InChI is InChI=1S/C16H21N3O4S/c1-3-17-10-9-15(20)19(16(17)21)12-11-18(24(2,22)23)13-14-7-5-4-6-8-14/h4-10H,3,11-13H2,1-2H3. The van der Waals surface area contributed by atoms with Crippen molar-refractivity contribution in [3.63, 3.8) is 0 Å². The molecular formula is C16H21N3O4S. The van der Waals surface area contributed by atoms with Crippen LogP contribution in [-0.2, 0) is 29.7 Å². The molecule has 0 bridgehead atoms. The summed E-state index contributed by atoms with van der Waals surface area (Å²) in [5.74, 6) is 0. The molecule has 2 aromatic rings. The summed E-state index contributed by atoms with van der Waals surface area (Å²) >= 11 is 0. The van der Waals surface area contributed by atoms with Gasteiger partial charge in [-0.1, -0.05) is 30.3 Å². The van der Waals surface area contributed by atoms with Gasteiger partial charge in [-0.25, -0.2) is 13.2 Å². The normalized spacial score (nSPS) is 11.8. The molecular weight excluding hydrogens is 330 g/mol. The highest BCUT2D eigenvalue weighted by Crippen LogP contribution is 2.08. The average molecular weight is 351 g/mol. The van der Waals surface area contributed by atoms with Crippen LogP contribution in [0.4, 0.5) is 0 Å². The summed E-state index contributed by atoms with van der Waals surface area (Å²) in [6.45, 7) is 2.51. The van der Waals surface area contributed by atoms with Gasteiger partial charge in [0.15, 0.2) is 0 Å². The summed E-state index contributed by atoms with van der Waals surface area (Å²) < 4.78 is 27.7. The van der Waals surface area contributed by atoms with Gasteiger partial charge in [0.2, 0.25) is 10.0 Å². The van der Waals surface area contributed by atoms with Crippen LogP contribution in [0.3, 0.4) is 0 Å². The van der Waals surface area contributed by atoms with Gasteiger partial charge in [0.1, 0.15) is 0 Å². The van der Waals surface area contributed by atoms with Crippen LogP contribution in [-0.4, -0.2) is 34.7 Å². The Morgan fingerprint density at radius 1 is 1.08 bits per heavy atom. The molecule has 1 aromatic heterocycles. The third kappa shape index (κ3) is 4.42. The van der Waals surface area contributed by atoms with Crippen LogP contribution < -0.4 is 11.2 Å². The summed E-state index contributed by atoms with van der Waals surface area (Å²) in [6.07, 6.45) is 2.56. The lowest BCUT2D eigenvalue weighted by Crippen LogP contribution is -2.42. The van der Waals surface area contributed by atoms with E-state index in [9.17, 15) is 18.0 Å². The minimum Gasteiger partial charge on any atom is -0.301 e. The highest BCUT2D eigenvalue weighted by Gasteiger charge is 2.18. The molecule has 0 aliphatic heterocycles. The first kappa shape index (κ1) is 18.2. The van der Waals surface area contributed by atoms with Crippen molar-refractivity contribution in [2.75, 3.05) is 12.8 Å². The van der Waals surface area contributed by atoms with Crippen molar-refractivity contribution in [1.82, 2.24) is 13.4 Å². The molecule has 7 nitrogen and oxygen atoms in total. The van der Waals surface area contributed by atoms with Gasteiger partial charge in [0.05, 0.1) is 6.26 Å². The second kappa shape index (κ2) is 7.59. The number of rotatable bonds is 7. The molecule has 0 aliphatic carbocycles. The van der Waals surface area contributed by atoms with E-state index in [1.165, 1.54) is 21.1 Å². The van der Waals surface area contributed by atoms with E-state index in [2.05, 4.69) is 0 Å². The van der Waals surface area contributed by atoms with Gasteiger partial charge in [0, 0.05) is 38.4 Å². The van der Waals surface area contributed by atoms with Gasteiger partial charge in [0.25, 0.3) is 5.56 Å². The SMILES string of the molecule is CCn1ccc(=O)n(CCN(Cc2ccccc2)S(C)(=O)=O)c1=O. The highest BCUT2D eigenvalue weighted by atomic mass is 32.2. The molecule has 0 radical (unpaired) electrons. The van der Waals surface area contributed by atoms with Crippen molar-refractivity contribution in [1.29, 1.82) is 0 Å². The third-order valence-electron chi connectivity index (χ3n) is 3.72. The zero-order chi connectivity index (χ0) is 17.7. The first-order valence-corrected chi connectivity index (χ1v) is 9.47. The first-order chi connectivity index (χ1) is 11.3. The molecule has 0 atom stereocenters. The van der Waals surface area contributed by atoms with E-state index in [1.54, 1.807) is 6.92 Å². The third-order valence-corrected chi connectivity index (χ3v) is 4.97. The fourth-order valence-corrected chi connectivity index (χ4v) is 3.16. The van der Waals surface area contributed by atoms with Crippen molar-refractivity contribution in [2.24, 2.45) is 0 Å². The molecule has 130 valence electrons. The van der Waals surface area contributed by atoms with Crippen molar-refractivity contribution in [3.8, 4) is 0 Å². The van der Waals surface area contributed by atoms with Gasteiger partial charge < -0.3 is 4.57 Å². The van der Waals surface area contributed by atoms with E-state index < -0.39 is 21.3 Å². The molecule has 0 N–H and O–H groups in total. The van der Waals surface area contributed by atoms with Crippen LogP contribution in [0.15, 0.2) is 52.2 Å². The van der Waals surface area contributed by atoms with E-state index in [4.69, 9.17) is 0 Å². The Kier molecular flexibility index (Phi) is 5.74. The van der Waals surface area contributed by atoms with E-state index in [0.717, 1.165) is 16.4 Å². The number of benzene rings is 1. The van der Waals surface area contributed by atoms with E-state index in [-0.39, 0.29) is 19.6 Å². The topological polar surface area (TPSA) is 81.4 Å². The first-order valence-electron chi connectivity index (χ1n) is 7.62. The van der Waals surface area contributed by atoms with Gasteiger partial charge in [-0.2, -0.15) is 4.31 Å². The fraction of sp³-hybridized carbons (Fsp3) is 0.375. The molecule has 2 rings (SSSR count). The van der Waals surface area contributed by atoms with E-state index in [0.29, 0.717) is 6.54 Å². The monoisotopic (exact) mass is 351 g/mol. The van der Waals surface area contributed by atoms with Crippen molar-refractivity contribution < 1.29 is 8.42 Å². The minimum absolute atomic E-state index is 0.0123. The molecule has 1 heterocycles. The Bertz CT molecular complexity index is 901. The zero-order valence-corrected chi connectivity index (χ0v) is 14.6. The average Bonchev–Trinajstić information content (AvgIpc) is 2.53. The second-order valence-corrected chi connectivity index (χ2v) is 7.44. The lowest BCUT2D eigenvalue weighted by atomic mass is 10.2. The molecule has 0 saturated carbocycles. The molecule has 0 spiro atoms. The van der Waals surface area contributed by atoms with E-state index in [1.807, 2.05) is 30.3 Å². The summed E-state index contributed by atoms with van der Waals surface area (Å²) in [7, 11) is -3.47. The number of aromatic nitrogens is 2. The largest absolute Gasteiger partial charge is 0.330 e. The molecule has 0 saturated heterocycles. The van der Waals surface area contributed by atoms with Crippen LogP contribution in [0.25, 0.3) is 0 Å². The lowest BCUT2D eigenvalue weighted by Gasteiger charge is -2.20. The molecule has 24 heavy (non-hydrogen) atoms. The van der Waals surface area contributed by atoms with Gasteiger partial charge in [-0.05, 0) is 12.5 Å². The summed E-state index contributed by atoms with van der Waals surface area (Å²) in [5.41, 5.74) is -0.0228. The number of sulfonamides is 1. The summed E-state index contributed by atoms with van der Waals surface area (Å²) in [4.78, 5) is 24.1. The molecule has 0 aliphatic rings. The van der Waals surface area contributed by atoms with Gasteiger partial charge >= 0.3 is 5.69 Å². The lowest BCUT2D eigenvalue weighted by molar-refractivity contribution is 0.380. The Morgan fingerprint density at radius 3 is 2.33 bits per heavy atom. The zero-order valence-electron chi connectivity index (χ0n) is 13.8. The predicted molar refractivity (Wildman–Crippen MR) is 92.3 cm³/mol. The Balaban J connectivity index is 2.24.